The molecule has 0 spiro atoms. The summed E-state index contributed by atoms with van der Waals surface area (Å²) in [6, 6.07) is 0. The lowest BCUT2D eigenvalue weighted by atomic mass is 10.0. The molecule has 0 aromatic heterocycles. The topological polar surface area (TPSA) is 116 Å². The van der Waals surface area contributed by atoms with Crippen molar-refractivity contribution in [1.82, 2.24) is 0 Å². The van der Waals surface area contributed by atoms with Gasteiger partial charge in [0.15, 0.2) is 0 Å². The second-order valence-corrected chi connectivity index (χ2v) is 4.50. The van der Waals surface area contributed by atoms with Crippen LogP contribution in [-0.2, 0) is 14.3 Å². The zero-order valence-corrected chi connectivity index (χ0v) is 10.4. The number of carbonyl (C=O) groups excluding carboxylic acids is 2. The van der Waals surface area contributed by atoms with Crippen LogP contribution in [0.4, 0.5) is 0 Å². The number of hydrogen-bond donors (Lipinski definition) is 3. The largest absolute Gasteiger partial charge is 0.391 e. The molecule has 6 nitrogen and oxygen atoms in total. The minimum Gasteiger partial charge on any atom is -0.391 e. The predicted molar refractivity (Wildman–Crippen MR) is 62.8 cm³/mol. The highest BCUT2D eigenvalue weighted by Gasteiger charge is 2.25. The molecule has 17 heavy (non-hydrogen) atoms. The summed E-state index contributed by atoms with van der Waals surface area (Å²) in [5.74, 6) is -2.26. The lowest BCUT2D eigenvalue weighted by molar-refractivity contribution is -0.133. The van der Waals surface area contributed by atoms with Crippen LogP contribution in [0.3, 0.4) is 0 Å². The molecule has 5 N–H and O–H groups in total. The number of ether oxygens (including phenoxy) is 1. The van der Waals surface area contributed by atoms with Crippen LogP contribution < -0.4 is 11.5 Å². The Morgan fingerprint density at radius 1 is 1.24 bits per heavy atom. The van der Waals surface area contributed by atoms with Crippen LogP contribution in [0.25, 0.3) is 0 Å². The Labute approximate surface area is 101 Å². The lowest BCUT2D eigenvalue weighted by Crippen LogP contribution is -2.38. The first kappa shape index (κ1) is 15.9. The summed E-state index contributed by atoms with van der Waals surface area (Å²) >= 11 is 0. The third kappa shape index (κ3) is 7.70. The molecule has 0 unspecified atom stereocenters. The minimum absolute atomic E-state index is 0.0732. The van der Waals surface area contributed by atoms with Crippen LogP contribution in [-0.4, -0.2) is 36.2 Å². The first-order chi connectivity index (χ1) is 7.84. The van der Waals surface area contributed by atoms with E-state index in [4.69, 9.17) is 16.2 Å². The molecule has 0 saturated heterocycles. The van der Waals surface area contributed by atoms with Gasteiger partial charge in [-0.1, -0.05) is 13.8 Å². The highest BCUT2D eigenvalue weighted by molar-refractivity contribution is 5.98. The van der Waals surface area contributed by atoms with Crippen LogP contribution in [0, 0.1) is 11.8 Å². The predicted octanol–water partition coefficient (Wildman–Crippen LogP) is -0.613. The molecule has 0 aromatic rings. The van der Waals surface area contributed by atoms with Gasteiger partial charge in [-0.2, -0.15) is 0 Å². The molecular weight excluding hydrogens is 224 g/mol. The van der Waals surface area contributed by atoms with Crippen molar-refractivity contribution in [2.24, 2.45) is 23.3 Å². The lowest BCUT2D eigenvalue weighted by Gasteiger charge is -2.15. The van der Waals surface area contributed by atoms with E-state index in [0.29, 0.717) is 12.5 Å². The Bertz CT molecular complexity index is 242. The monoisotopic (exact) mass is 246 g/mol. The SMILES string of the molecule is CC(C)CCOC[C@@H](O)CC(C(N)=O)C(N)=O. The van der Waals surface area contributed by atoms with E-state index >= 15 is 0 Å². The van der Waals surface area contributed by atoms with E-state index in [-0.39, 0.29) is 13.0 Å². The molecule has 0 rings (SSSR count). The van der Waals surface area contributed by atoms with E-state index in [1.54, 1.807) is 0 Å². The standard InChI is InChI=1S/C11H22N2O4/c1-7(2)3-4-17-6-8(14)5-9(10(12)15)11(13)16/h7-9,14H,3-6H2,1-2H3,(H2,12,15)(H2,13,16)/t8-/m0/s1. The molecule has 0 aliphatic carbocycles. The molecule has 1 atom stereocenters. The highest BCUT2D eigenvalue weighted by atomic mass is 16.5. The fourth-order valence-electron chi connectivity index (χ4n) is 1.25. The zero-order valence-electron chi connectivity index (χ0n) is 10.4. The second kappa shape index (κ2) is 8.03. The number of rotatable bonds is 9. The van der Waals surface area contributed by atoms with Gasteiger partial charge in [-0.15, -0.1) is 0 Å². The third-order valence-corrected chi connectivity index (χ3v) is 2.34. The first-order valence-electron chi connectivity index (χ1n) is 5.69. The Morgan fingerprint density at radius 3 is 2.18 bits per heavy atom. The maximum atomic E-state index is 10.9. The van der Waals surface area contributed by atoms with Crippen molar-refractivity contribution >= 4 is 11.8 Å². The summed E-state index contributed by atoms with van der Waals surface area (Å²) in [6.45, 7) is 4.74. The molecule has 0 radical (unpaired) electrons. The smallest absolute Gasteiger partial charge is 0.230 e. The van der Waals surface area contributed by atoms with Crippen molar-refractivity contribution in [1.29, 1.82) is 0 Å². The summed E-state index contributed by atoms with van der Waals surface area (Å²) in [6.07, 6.45) is -0.110. The highest BCUT2D eigenvalue weighted by Crippen LogP contribution is 2.07. The van der Waals surface area contributed by atoms with E-state index in [9.17, 15) is 14.7 Å². The molecule has 0 aromatic carbocycles. The van der Waals surface area contributed by atoms with E-state index in [2.05, 4.69) is 13.8 Å². The van der Waals surface area contributed by atoms with E-state index in [1.165, 1.54) is 0 Å². The van der Waals surface area contributed by atoms with Gasteiger partial charge >= 0.3 is 0 Å². The summed E-state index contributed by atoms with van der Waals surface area (Å²) in [5.41, 5.74) is 9.98. The fourth-order valence-corrected chi connectivity index (χ4v) is 1.25. The van der Waals surface area contributed by atoms with E-state index in [1.807, 2.05) is 0 Å². The molecule has 0 heterocycles. The molecule has 0 bridgehead atoms. The van der Waals surface area contributed by atoms with Gasteiger partial charge in [-0.25, -0.2) is 0 Å². The maximum absolute atomic E-state index is 10.9. The number of amides is 2. The van der Waals surface area contributed by atoms with Crippen LogP contribution >= 0.6 is 0 Å². The van der Waals surface area contributed by atoms with Crippen molar-refractivity contribution in [3.63, 3.8) is 0 Å². The first-order valence-corrected chi connectivity index (χ1v) is 5.69. The summed E-state index contributed by atoms with van der Waals surface area (Å²) in [5, 5.41) is 9.54. The van der Waals surface area contributed by atoms with E-state index in [0.717, 1.165) is 6.42 Å². The van der Waals surface area contributed by atoms with Crippen molar-refractivity contribution in [3.8, 4) is 0 Å². The van der Waals surface area contributed by atoms with Crippen LogP contribution in [0.2, 0.25) is 0 Å². The minimum atomic E-state index is -1.14. The van der Waals surface area contributed by atoms with Crippen molar-refractivity contribution in [3.05, 3.63) is 0 Å². The number of aliphatic hydroxyl groups excluding tert-OH is 1. The van der Waals surface area contributed by atoms with Gasteiger partial charge < -0.3 is 21.3 Å². The number of carbonyl (C=O) groups is 2. The normalized spacial score (nSPS) is 13.0. The van der Waals surface area contributed by atoms with Gasteiger partial charge in [0.25, 0.3) is 0 Å². The Hall–Kier alpha value is -1.14. The quantitative estimate of drug-likeness (QED) is 0.371. The van der Waals surface area contributed by atoms with Crippen LogP contribution in [0.15, 0.2) is 0 Å². The average Bonchev–Trinajstić information content (AvgIpc) is 2.19. The van der Waals surface area contributed by atoms with Gasteiger partial charge in [0, 0.05) is 6.61 Å². The molecule has 0 fully saturated rings. The average molecular weight is 246 g/mol. The Balaban J connectivity index is 3.87. The second-order valence-electron chi connectivity index (χ2n) is 4.50. The molecule has 2 amide bonds. The van der Waals surface area contributed by atoms with Crippen molar-refractivity contribution < 1.29 is 19.4 Å². The maximum Gasteiger partial charge on any atom is 0.230 e. The van der Waals surface area contributed by atoms with Gasteiger partial charge in [-0.3, -0.25) is 9.59 Å². The van der Waals surface area contributed by atoms with Crippen molar-refractivity contribution in [2.45, 2.75) is 32.8 Å². The molecule has 6 heteroatoms. The van der Waals surface area contributed by atoms with Crippen molar-refractivity contribution in [2.75, 3.05) is 13.2 Å². The molecule has 0 aliphatic heterocycles. The molecule has 100 valence electrons. The number of aliphatic hydroxyl groups is 1. The summed E-state index contributed by atoms with van der Waals surface area (Å²) < 4.78 is 5.21. The Morgan fingerprint density at radius 2 is 1.76 bits per heavy atom. The summed E-state index contributed by atoms with van der Waals surface area (Å²) in [7, 11) is 0. The molecule has 0 saturated carbocycles. The van der Waals surface area contributed by atoms with Gasteiger partial charge in [0.05, 0.1) is 12.7 Å². The van der Waals surface area contributed by atoms with E-state index < -0.39 is 23.8 Å². The zero-order chi connectivity index (χ0) is 13.4. The van der Waals surface area contributed by atoms with Crippen LogP contribution in [0.1, 0.15) is 26.7 Å². The van der Waals surface area contributed by atoms with Gasteiger partial charge in [0.1, 0.15) is 5.92 Å². The number of hydrogen-bond acceptors (Lipinski definition) is 4. The number of nitrogens with two attached hydrogens (primary N) is 2. The van der Waals surface area contributed by atoms with Gasteiger partial charge in [-0.05, 0) is 18.8 Å². The summed E-state index contributed by atoms with van der Waals surface area (Å²) in [4.78, 5) is 21.7. The third-order valence-electron chi connectivity index (χ3n) is 2.34. The fraction of sp³-hybridized carbons (Fsp3) is 0.818. The Kier molecular flexibility index (Phi) is 7.49. The molecule has 0 aliphatic rings. The van der Waals surface area contributed by atoms with Crippen LogP contribution in [0.5, 0.6) is 0 Å². The van der Waals surface area contributed by atoms with Gasteiger partial charge in [0.2, 0.25) is 11.8 Å². The number of primary amides is 2. The molecular formula is C11H22N2O4.